The van der Waals surface area contributed by atoms with Gasteiger partial charge in [-0.2, -0.15) is 0 Å². The highest BCUT2D eigenvalue weighted by Gasteiger charge is 2.34. The average Bonchev–Trinajstić information content (AvgIpc) is 3.16. The van der Waals surface area contributed by atoms with E-state index >= 15 is 0 Å². The van der Waals surface area contributed by atoms with E-state index < -0.39 is 0 Å². The first kappa shape index (κ1) is 25.0. The molecule has 184 valence electrons. The summed E-state index contributed by atoms with van der Waals surface area (Å²) in [6.07, 6.45) is 1.76. The Hall–Kier alpha value is -3.08. The zero-order valence-corrected chi connectivity index (χ0v) is 21.2. The molecule has 0 saturated carbocycles. The summed E-state index contributed by atoms with van der Waals surface area (Å²) in [5.41, 5.74) is 1.35. The smallest absolute Gasteiger partial charge is 0.270 e. The summed E-state index contributed by atoms with van der Waals surface area (Å²) in [5, 5.41) is 0. The molecular formula is C25H26N2O6S2. The Morgan fingerprint density at radius 2 is 1.89 bits per heavy atom. The van der Waals surface area contributed by atoms with Crippen molar-refractivity contribution < 1.29 is 28.5 Å². The van der Waals surface area contributed by atoms with E-state index in [2.05, 4.69) is 0 Å². The predicted octanol–water partition coefficient (Wildman–Crippen LogP) is 3.74. The highest BCUT2D eigenvalue weighted by atomic mass is 32.2. The number of benzene rings is 2. The summed E-state index contributed by atoms with van der Waals surface area (Å²) in [7, 11) is 1.56. The SMILES string of the molecule is CCOc1cc(/C=C2\SC(=S)N(c3ccccc3OC)C2=O)ccc1OCC(=O)N1CCOCC1. The summed E-state index contributed by atoms with van der Waals surface area (Å²) >= 11 is 6.71. The number of amides is 2. The number of anilines is 1. The number of rotatable bonds is 8. The van der Waals surface area contributed by atoms with Crippen LogP contribution in [0.5, 0.6) is 17.2 Å². The van der Waals surface area contributed by atoms with Crippen molar-refractivity contribution in [3.63, 3.8) is 0 Å². The van der Waals surface area contributed by atoms with Crippen LogP contribution in [0, 0.1) is 0 Å². The minimum atomic E-state index is -0.223. The van der Waals surface area contributed by atoms with Gasteiger partial charge in [0.1, 0.15) is 5.75 Å². The molecule has 0 bridgehead atoms. The van der Waals surface area contributed by atoms with Crippen molar-refractivity contribution >= 4 is 51.9 Å². The Morgan fingerprint density at radius 3 is 2.63 bits per heavy atom. The predicted molar refractivity (Wildman–Crippen MR) is 139 cm³/mol. The van der Waals surface area contributed by atoms with Crippen molar-refractivity contribution in [2.45, 2.75) is 6.92 Å². The van der Waals surface area contributed by atoms with Gasteiger partial charge in [-0.15, -0.1) is 0 Å². The van der Waals surface area contributed by atoms with Crippen molar-refractivity contribution in [3.8, 4) is 17.2 Å². The third-order valence-corrected chi connectivity index (χ3v) is 6.70. The number of ether oxygens (including phenoxy) is 4. The second-order valence-electron chi connectivity index (χ2n) is 7.61. The molecular weight excluding hydrogens is 488 g/mol. The molecule has 0 N–H and O–H groups in total. The van der Waals surface area contributed by atoms with E-state index in [-0.39, 0.29) is 18.4 Å². The molecule has 2 fully saturated rings. The average molecular weight is 515 g/mol. The Kier molecular flexibility index (Phi) is 8.27. The second kappa shape index (κ2) is 11.6. The molecule has 2 aromatic carbocycles. The first-order chi connectivity index (χ1) is 17.0. The van der Waals surface area contributed by atoms with Crippen LogP contribution in [-0.2, 0) is 14.3 Å². The fourth-order valence-corrected chi connectivity index (χ4v) is 4.97. The Labute approximate surface area is 213 Å². The van der Waals surface area contributed by atoms with Gasteiger partial charge in [0.25, 0.3) is 11.8 Å². The molecule has 10 heteroatoms. The lowest BCUT2D eigenvalue weighted by Crippen LogP contribution is -2.43. The third-order valence-electron chi connectivity index (χ3n) is 5.40. The molecule has 0 spiro atoms. The molecule has 0 aliphatic carbocycles. The highest BCUT2D eigenvalue weighted by molar-refractivity contribution is 8.27. The molecule has 0 radical (unpaired) electrons. The van der Waals surface area contributed by atoms with Gasteiger partial charge in [0.05, 0.1) is 37.5 Å². The maximum atomic E-state index is 13.2. The minimum absolute atomic E-state index is 0.0863. The number of hydrogen-bond acceptors (Lipinski definition) is 8. The quantitative estimate of drug-likeness (QED) is 0.390. The van der Waals surface area contributed by atoms with E-state index in [9.17, 15) is 9.59 Å². The normalized spacial score (nSPS) is 17.1. The van der Waals surface area contributed by atoms with Crippen LogP contribution in [0.15, 0.2) is 47.4 Å². The zero-order valence-electron chi connectivity index (χ0n) is 19.5. The van der Waals surface area contributed by atoms with E-state index in [0.29, 0.717) is 65.1 Å². The van der Waals surface area contributed by atoms with Gasteiger partial charge in [-0.25, -0.2) is 0 Å². The fraction of sp³-hybridized carbons (Fsp3) is 0.320. The van der Waals surface area contributed by atoms with E-state index in [1.807, 2.05) is 25.1 Å². The summed E-state index contributed by atoms with van der Waals surface area (Å²) < 4.78 is 22.6. The number of thiocarbonyl (C=S) groups is 1. The van der Waals surface area contributed by atoms with Crippen LogP contribution in [0.2, 0.25) is 0 Å². The molecule has 0 aromatic heterocycles. The molecule has 2 aliphatic rings. The Bertz CT molecular complexity index is 1150. The molecule has 2 saturated heterocycles. The van der Waals surface area contributed by atoms with Crippen LogP contribution in [0.4, 0.5) is 5.69 Å². The number of hydrogen-bond donors (Lipinski definition) is 0. The van der Waals surface area contributed by atoms with E-state index in [0.717, 1.165) is 5.56 Å². The molecule has 4 rings (SSSR count). The zero-order chi connectivity index (χ0) is 24.8. The second-order valence-corrected chi connectivity index (χ2v) is 9.29. The lowest BCUT2D eigenvalue weighted by Gasteiger charge is -2.26. The summed E-state index contributed by atoms with van der Waals surface area (Å²) in [6, 6.07) is 12.6. The van der Waals surface area contributed by atoms with Crippen LogP contribution in [0.25, 0.3) is 6.08 Å². The van der Waals surface area contributed by atoms with Gasteiger partial charge in [0.15, 0.2) is 22.4 Å². The van der Waals surface area contributed by atoms with Crippen molar-refractivity contribution in [2.75, 3.05) is 51.5 Å². The van der Waals surface area contributed by atoms with Gasteiger partial charge in [-0.05, 0) is 42.8 Å². The number of morpholine rings is 1. The summed E-state index contributed by atoms with van der Waals surface area (Å²) in [6.45, 7) is 4.40. The van der Waals surface area contributed by atoms with Crippen molar-refractivity contribution in [1.29, 1.82) is 0 Å². The molecule has 2 aromatic rings. The molecule has 0 unspecified atom stereocenters. The Balaban J connectivity index is 1.51. The standard InChI is InChI=1S/C25H26N2O6S2/c1-3-32-21-14-17(8-9-20(21)33-16-23(28)26-10-12-31-13-11-26)15-22-24(29)27(25(34)35-22)18-6-4-5-7-19(18)30-2/h4-9,14-15H,3,10-13,16H2,1-2H3/b22-15-. The molecule has 2 aliphatic heterocycles. The largest absolute Gasteiger partial charge is 0.495 e. The van der Waals surface area contributed by atoms with Crippen molar-refractivity contribution in [3.05, 3.63) is 52.9 Å². The first-order valence-electron chi connectivity index (χ1n) is 11.2. The van der Waals surface area contributed by atoms with Crippen molar-refractivity contribution in [1.82, 2.24) is 4.90 Å². The fourth-order valence-electron chi connectivity index (χ4n) is 3.69. The summed E-state index contributed by atoms with van der Waals surface area (Å²) in [5.74, 6) is 1.21. The molecule has 0 atom stereocenters. The number of carbonyl (C=O) groups excluding carboxylic acids is 2. The van der Waals surface area contributed by atoms with Crippen LogP contribution in [-0.4, -0.2) is 67.7 Å². The third kappa shape index (κ3) is 5.77. The van der Waals surface area contributed by atoms with Gasteiger partial charge in [-0.3, -0.25) is 14.5 Å². The number of para-hydroxylation sites is 2. The molecule has 2 amide bonds. The maximum Gasteiger partial charge on any atom is 0.270 e. The van der Waals surface area contributed by atoms with E-state index in [1.165, 1.54) is 16.7 Å². The Morgan fingerprint density at radius 1 is 1.11 bits per heavy atom. The molecule has 8 nitrogen and oxygen atoms in total. The number of methoxy groups -OCH3 is 1. The van der Waals surface area contributed by atoms with Gasteiger partial charge in [0.2, 0.25) is 0 Å². The lowest BCUT2D eigenvalue weighted by atomic mass is 10.1. The number of nitrogens with zero attached hydrogens (tertiary/aromatic N) is 2. The van der Waals surface area contributed by atoms with Crippen LogP contribution in [0.1, 0.15) is 12.5 Å². The number of thioether (sulfide) groups is 1. The highest BCUT2D eigenvalue weighted by Crippen LogP contribution is 2.40. The van der Waals surface area contributed by atoms with E-state index in [1.54, 1.807) is 42.4 Å². The van der Waals surface area contributed by atoms with Gasteiger partial charge >= 0.3 is 0 Å². The minimum Gasteiger partial charge on any atom is -0.495 e. The first-order valence-corrected chi connectivity index (χ1v) is 12.4. The molecule has 2 heterocycles. The monoisotopic (exact) mass is 514 g/mol. The maximum absolute atomic E-state index is 13.2. The van der Waals surface area contributed by atoms with Crippen LogP contribution in [0.3, 0.4) is 0 Å². The van der Waals surface area contributed by atoms with Gasteiger partial charge < -0.3 is 23.8 Å². The van der Waals surface area contributed by atoms with Crippen LogP contribution < -0.4 is 19.1 Å². The van der Waals surface area contributed by atoms with Gasteiger partial charge in [0, 0.05) is 13.1 Å². The van der Waals surface area contributed by atoms with Gasteiger partial charge in [-0.1, -0.05) is 42.2 Å². The number of carbonyl (C=O) groups is 2. The molecule has 35 heavy (non-hydrogen) atoms. The van der Waals surface area contributed by atoms with Crippen molar-refractivity contribution in [2.24, 2.45) is 0 Å². The van der Waals surface area contributed by atoms with Crippen LogP contribution >= 0.6 is 24.0 Å². The lowest BCUT2D eigenvalue weighted by molar-refractivity contribution is -0.137. The van der Waals surface area contributed by atoms with E-state index in [4.69, 9.17) is 31.2 Å². The topological polar surface area (TPSA) is 77.5 Å². The summed E-state index contributed by atoms with van der Waals surface area (Å²) in [4.78, 5) is 29.3.